The van der Waals surface area contributed by atoms with Crippen molar-refractivity contribution in [2.24, 2.45) is 0 Å². The predicted molar refractivity (Wildman–Crippen MR) is 132 cm³/mol. The summed E-state index contributed by atoms with van der Waals surface area (Å²) in [6.07, 6.45) is 5.99. The number of aromatic hydroxyl groups is 1. The van der Waals surface area contributed by atoms with Gasteiger partial charge in [-0.1, -0.05) is 33.1 Å². The first kappa shape index (κ1) is 22.8. The van der Waals surface area contributed by atoms with Gasteiger partial charge in [0, 0.05) is 32.6 Å². The molecule has 1 heterocycles. The van der Waals surface area contributed by atoms with Crippen molar-refractivity contribution in [3.63, 3.8) is 0 Å². The summed E-state index contributed by atoms with van der Waals surface area (Å²) in [7, 11) is 0. The maximum Gasteiger partial charge on any atom is 0.194 e. The molecule has 3 aromatic rings. The summed E-state index contributed by atoms with van der Waals surface area (Å²) < 4.78 is 6.88. The summed E-state index contributed by atoms with van der Waals surface area (Å²) in [5.74, 6) is 1.54. The van der Waals surface area contributed by atoms with Gasteiger partial charge in [0.1, 0.15) is 18.1 Å². The number of ketones is 1. The maximum atomic E-state index is 13.7. The van der Waals surface area contributed by atoms with E-state index in [-0.39, 0.29) is 11.5 Å². The number of nitrogens with zero attached hydrogens (tertiary/aromatic N) is 1. The Morgan fingerprint density at radius 1 is 1.06 bits per heavy atom. The van der Waals surface area contributed by atoms with Crippen molar-refractivity contribution < 1.29 is 14.6 Å². The number of carbonyl (C=O) groups is 1. The van der Waals surface area contributed by atoms with Crippen LogP contribution in [0.4, 0.5) is 0 Å². The van der Waals surface area contributed by atoms with Gasteiger partial charge >= 0.3 is 0 Å². The van der Waals surface area contributed by atoms with Gasteiger partial charge in [0.2, 0.25) is 0 Å². The average molecular weight is 452 g/mol. The van der Waals surface area contributed by atoms with E-state index >= 15 is 0 Å². The number of carbonyl (C=O) groups excluding carboxylic acids is 1. The lowest BCUT2D eigenvalue weighted by Crippen LogP contribution is -2.27. The van der Waals surface area contributed by atoms with Crippen LogP contribution in [-0.4, -0.2) is 42.0 Å². The highest BCUT2D eigenvalue weighted by molar-refractivity contribution is 7.19. The largest absolute Gasteiger partial charge is 0.508 e. The van der Waals surface area contributed by atoms with E-state index in [0.717, 1.165) is 53.9 Å². The van der Waals surface area contributed by atoms with Crippen molar-refractivity contribution in [3.05, 3.63) is 58.5 Å². The van der Waals surface area contributed by atoms with Crippen LogP contribution in [0.3, 0.4) is 0 Å². The molecule has 1 aliphatic carbocycles. The van der Waals surface area contributed by atoms with Crippen molar-refractivity contribution in [2.45, 2.75) is 51.9 Å². The Kier molecular flexibility index (Phi) is 7.48. The zero-order valence-corrected chi connectivity index (χ0v) is 19.9. The first-order valence-corrected chi connectivity index (χ1v) is 12.7. The average Bonchev–Trinajstić information content (AvgIpc) is 3.21. The smallest absolute Gasteiger partial charge is 0.194 e. The van der Waals surface area contributed by atoms with Crippen LogP contribution in [0.25, 0.3) is 10.1 Å². The fourth-order valence-corrected chi connectivity index (χ4v) is 6.07. The first-order chi connectivity index (χ1) is 15.6. The van der Waals surface area contributed by atoms with Crippen molar-refractivity contribution in [1.29, 1.82) is 0 Å². The van der Waals surface area contributed by atoms with Gasteiger partial charge in [-0.3, -0.25) is 4.79 Å². The molecule has 1 aliphatic rings. The molecule has 5 heteroatoms. The second-order valence-corrected chi connectivity index (χ2v) is 9.67. The zero-order valence-electron chi connectivity index (χ0n) is 19.1. The molecule has 4 nitrogen and oxygen atoms in total. The van der Waals surface area contributed by atoms with Crippen molar-refractivity contribution in [3.8, 4) is 11.5 Å². The van der Waals surface area contributed by atoms with E-state index in [1.54, 1.807) is 23.5 Å². The summed E-state index contributed by atoms with van der Waals surface area (Å²) in [5.41, 5.74) is 1.51. The number of likely N-dealkylation sites (N-methyl/N-ethyl adjacent to an activating group) is 1. The van der Waals surface area contributed by atoms with E-state index in [9.17, 15) is 9.90 Å². The van der Waals surface area contributed by atoms with Crippen LogP contribution >= 0.6 is 11.3 Å². The zero-order chi connectivity index (χ0) is 22.5. The summed E-state index contributed by atoms with van der Waals surface area (Å²) >= 11 is 1.68. The molecule has 0 spiro atoms. The minimum absolute atomic E-state index is 0.0669. The minimum atomic E-state index is 0.0669. The lowest BCUT2D eigenvalue weighted by Gasteiger charge is -2.21. The molecule has 0 saturated heterocycles. The fraction of sp³-hybridized carbons (Fsp3) is 0.444. The maximum absolute atomic E-state index is 13.7. The van der Waals surface area contributed by atoms with Crippen LogP contribution in [0, 0.1) is 0 Å². The molecule has 4 rings (SSSR count). The molecule has 32 heavy (non-hydrogen) atoms. The molecule has 1 aromatic heterocycles. The Labute approximate surface area is 194 Å². The van der Waals surface area contributed by atoms with Crippen molar-refractivity contribution in [2.75, 3.05) is 26.2 Å². The third-order valence-electron chi connectivity index (χ3n) is 6.59. The predicted octanol–water partition coefficient (Wildman–Crippen LogP) is 6.61. The molecule has 0 unspecified atom stereocenters. The molecule has 0 bridgehead atoms. The molecule has 0 amide bonds. The van der Waals surface area contributed by atoms with Crippen LogP contribution in [0.5, 0.6) is 11.5 Å². The Bertz CT molecular complexity index is 1050. The molecule has 0 aliphatic heterocycles. The molecule has 2 aromatic carbocycles. The number of phenols is 1. The molecule has 170 valence electrons. The van der Waals surface area contributed by atoms with Crippen LogP contribution in [0.2, 0.25) is 0 Å². The molecule has 0 radical (unpaired) electrons. The van der Waals surface area contributed by atoms with E-state index in [4.69, 9.17) is 4.74 Å². The SMILES string of the molecule is CCN(CC)CCOc1ccc(C(=O)c2c(C3CCCCC3)sc3cc(O)ccc23)cc1. The van der Waals surface area contributed by atoms with Gasteiger partial charge in [-0.05, 0) is 74.3 Å². The van der Waals surface area contributed by atoms with E-state index in [1.807, 2.05) is 30.3 Å². The second kappa shape index (κ2) is 10.5. The highest BCUT2D eigenvalue weighted by Crippen LogP contribution is 2.44. The first-order valence-electron chi connectivity index (χ1n) is 11.9. The fourth-order valence-electron chi connectivity index (χ4n) is 4.67. The monoisotopic (exact) mass is 451 g/mol. The number of fused-ring (bicyclic) bond motifs is 1. The Morgan fingerprint density at radius 3 is 2.47 bits per heavy atom. The standard InChI is InChI=1S/C27H33NO3S/c1-3-28(4-2)16-17-31-22-13-10-19(11-14-22)26(30)25-23-15-12-21(29)18-24(23)32-27(25)20-8-6-5-7-9-20/h10-15,18,20,29H,3-9,16-17H2,1-2H3. The summed E-state index contributed by atoms with van der Waals surface area (Å²) in [5, 5.41) is 10.9. The number of ether oxygens (including phenoxy) is 1. The molecule has 1 fully saturated rings. The minimum Gasteiger partial charge on any atom is -0.508 e. The molecule has 1 saturated carbocycles. The topological polar surface area (TPSA) is 49.8 Å². The number of hydrogen-bond acceptors (Lipinski definition) is 5. The van der Waals surface area contributed by atoms with Crippen molar-refractivity contribution in [1.82, 2.24) is 4.90 Å². The van der Waals surface area contributed by atoms with Gasteiger partial charge in [-0.25, -0.2) is 0 Å². The quantitative estimate of drug-likeness (QED) is 0.372. The van der Waals surface area contributed by atoms with Gasteiger partial charge in [0.05, 0.1) is 0 Å². The third kappa shape index (κ3) is 5.00. The van der Waals surface area contributed by atoms with E-state index < -0.39 is 0 Å². The Morgan fingerprint density at radius 2 is 1.78 bits per heavy atom. The number of benzene rings is 2. The Balaban J connectivity index is 1.57. The summed E-state index contributed by atoms with van der Waals surface area (Å²) in [6, 6.07) is 12.9. The van der Waals surface area contributed by atoms with Gasteiger partial charge in [-0.15, -0.1) is 11.3 Å². The highest BCUT2D eigenvalue weighted by Gasteiger charge is 2.27. The number of rotatable bonds is 9. The summed E-state index contributed by atoms with van der Waals surface area (Å²) in [6.45, 7) is 7.87. The van der Waals surface area contributed by atoms with Gasteiger partial charge in [-0.2, -0.15) is 0 Å². The lowest BCUT2D eigenvalue weighted by atomic mass is 9.85. The molecular formula is C27H33NO3S. The van der Waals surface area contributed by atoms with Crippen molar-refractivity contribution >= 4 is 27.2 Å². The van der Waals surface area contributed by atoms with Gasteiger partial charge < -0.3 is 14.7 Å². The van der Waals surface area contributed by atoms with Crippen LogP contribution < -0.4 is 4.74 Å². The van der Waals surface area contributed by atoms with Gasteiger partial charge in [0.25, 0.3) is 0 Å². The van der Waals surface area contributed by atoms with Gasteiger partial charge in [0.15, 0.2) is 5.78 Å². The number of thiophene rings is 1. The number of hydrogen-bond donors (Lipinski definition) is 1. The third-order valence-corrected chi connectivity index (χ3v) is 7.91. The molecular weight excluding hydrogens is 418 g/mol. The second-order valence-electron chi connectivity index (χ2n) is 8.59. The number of phenolic OH excluding ortho intramolecular Hbond substituents is 1. The van der Waals surface area contributed by atoms with E-state index in [1.165, 1.54) is 24.1 Å². The van der Waals surface area contributed by atoms with Crippen LogP contribution in [0.15, 0.2) is 42.5 Å². The summed E-state index contributed by atoms with van der Waals surface area (Å²) in [4.78, 5) is 17.2. The lowest BCUT2D eigenvalue weighted by molar-refractivity contribution is 0.103. The van der Waals surface area contributed by atoms with Crippen LogP contribution in [-0.2, 0) is 0 Å². The van der Waals surface area contributed by atoms with E-state index in [2.05, 4.69) is 18.7 Å². The van der Waals surface area contributed by atoms with E-state index in [0.29, 0.717) is 18.1 Å². The Hall–Kier alpha value is -2.37. The molecule has 0 atom stereocenters. The van der Waals surface area contributed by atoms with Crippen LogP contribution in [0.1, 0.15) is 72.7 Å². The normalized spacial score (nSPS) is 14.8. The molecule has 1 N–H and O–H groups in total. The highest BCUT2D eigenvalue weighted by atomic mass is 32.1.